The van der Waals surface area contributed by atoms with Gasteiger partial charge in [0.1, 0.15) is 5.82 Å². The average molecular weight is 430 g/mol. The van der Waals surface area contributed by atoms with Crippen LogP contribution in [0.1, 0.15) is 58.3 Å². The van der Waals surface area contributed by atoms with Gasteiger partial charge in [0.15, 0.2) is 0 Å². The van der Waals surface area contributed by atoms with Crippen LogP contribution in [0.25, 0.3) is 0 Å². The molecule has 0 aliphatic carbocycles. The molecule has 0 bridgehead atoms. The van der Waals surface area contributed by atoms with Gasteiger partial charge in [0.05, 0.1) is 11.7 Å². The Morgan fingerprint density at radius 2 is 1.88 bits per heavy atom. The van der Waals surface area contributed by atoms with Gasteiger partial charge in [-0.25, -0.2) is 4.98 Å². The molecule has 2 aromatic heterocycles. The predicted octanol–water partition coefficient (Wildman–Crippen LogP) is 3.09. The van der Waals surface area contributed by atoms with Crippen LogP contribution in [0, 0.1) is 0 Å². The molecule has 0 saturated carbocycles. The molecule has 2 aliphatic rings. The van der Waals surface area contributed by atoms with Gasteiger partial charge in [-0.05, 0) is 55.5 Å². The predicted molar refractivity (Wildman–Crippen MR) is 121 cm³/mol. The number of aromatic amines is 1. The van der Waals surface area contributed by atoms with Crippen LogP contribution >= 0.6 is 0 Å². The highest BCUT2D eigenvalue weighted by molar-refractivity contribution is 5.94. The standard InChI is InChI=1S/C25H27N5O2/c31-24-20-11-15-29(16-18-9-12-26-13-10-18)17-21(20)27-23(28-24)22-8-4-5-14-30(22)25(32)19-6-2-1-3-7-19/h1-3,6-7,9-10,12-13,22H,4-5,8,11,14-17H2,(H,27,28,31)/t22-/m1/s1. The smallest absolute Gasteiger partial charge is 0.254 e. The van der Waals surface area contributed by atoms with Crippen LogP contribution in [0.3, 0.4) is 0 Å². The van der Waals surface area contributed by atoms with Crippen LogP contribution in [-0.4, -0.2) is 43.7 Å². The first-order valence-electron chi connectivity index (χ1n) is 11.3. The van der Waals surface area contributed by atoms with Crippen molar-refractivity contribution >= 4 is 5.91 Å². The number of rotatable bonds is 4. The summed E-state index contributed by atoms with van der Waals surface area (Å²) in [5.41, 5.74) is 3.41. The van der Waals surface area contributed by atoms with Gasteiger partial charge in [0, 0.05) is 49.7 Å². The Bertz CT molecular complexity index is 1150. The van der Waals surface area contributed by atoms with Crippen molar-refractivity contribution in [1.82, 2.24) is 24.8 Å². The first-order valence-corrected chi connectivity index (χ1v) is 11.3. The van der Waals surface area contributed by atoms with E-state index in [1.165, 1.54) is 5.56 Å². The number of pyridine rings is 1. The molecule has 1 N–H and O–H groups in total. The largest absolute Gasteiger partial charge is 0.328 e. The molecule has 0 radical (unpaired) electrons. The minimum Gasteiger partial charge on any atom is -0.328 e. The Labute approximate surface area is 187 Å². The van der Waals surface area contributed by atoms with Crippen LogP contribution in [0.4, 0.5) is 0 Å². The number of piperidine rings is 1. The van der Waals surface area contributed by atoms with E-state index in [1.807, 2.05) is 47.4 Å². The van der Waals surface area contributed by atoms with Crippen molar-refractivity contribution in [2.24, 2.45) is 0 Å². The summed E-state index contributed by atoms with van der Waals surface area (Å²) in [6.07, 6.45) is 7.06. The molecule has 0 spiro atoms. The van der Waals surface area contributed by atoms with Crippen molar-refractivity contribution in [2.75, 3.05) is 13.1 Å². The van der Waals surface area contributed by atoms with E-state index in [-0.39, 0.29) is 17.5 Å². The van der Waals surface area contributed by atoms with E-state index in [4.69, 9.17) is 4.98 Å². The third-order valence-corrected chi connectivity index (χ3v) is 6.43. The fourth-order valence-electron chi connectivity index (χ4n) is 4.76. The lowest BCUT2D eigenvalue weighted by Gasteiger charge is -2.36. The van der Waals surface area contributed by atoms with E-state index in [1.54, 1.807) is 12.4 Å². The van der Waals surface area contributed by atoms with E-state index in [9.17, 15) is 9.59 Å². The molecule has 1 atom stereocenters. The molecule has 7 heteroatoms. The van der Waals surface area contributed by atoms with Crippen LogP contribution in [0.15, 0.2) is 59.7 Å². The van der Waals surface area contributed by atoms with Gasteiger partial charge in [0.2, 0.25) is 0 Å². The third-order valence-electron chi connectivity index (χ3n) is 6.43. The van der Waals surface area contributed by atoms with Crippen molar-refractivity contribution < 1.29 is 4.79 Å². The molecule has 5 rings (SSSR count). The van der Waals surface area contributed by atoms with Gasteiger partial charge in [-0.15, -0.1) is 0 Å². The maximum atomic E-state index is 13.2. The number of nitrogens with zero attached hydrogens (tertiary/aromatic N) is 4. The minimum atomic E-state index is -0.204. The van der Waals surface area contributed by atoms with Gasteiger partial charge in [-0.3, -0.25) is 19.5 Å². The second kappa shape index (κ2) is 9.04. The molecular weight excluding hydrogens is 402 g/mol. The monoisotopic (exact) mass is 429 g/mol. The number of nitrogens with one attached hydrogen (secondary N) is 1. The Balaban J connectivity index is 1.41. The zero-order valence-corrected chi connectivity index (χ0v) is 18.0. The Morgan fingerprint density at radius 1 is 1.06 bits per heavy atom. The number of benzene rings is 1. The van der Waals surface area contributed by atoms with Crippen molar-refractivity contribution in [1.29, 1.82) is 0 Å². The summed E-state index contributed by atoms with van der Waals surface area (Å²) in [7, 11) is 0. The zero-order chi connectivity index (χ0) is 21.9. The van der Waals surface area contributed by atoms with E-state index in [0.717, 1.165) is 43.6 Å². The van der Waals surface area contributed by atoms with Crippen molar-refractivity contribution in [2.45, 2.75) is 44.8 Å². The molecule has 3 aromatic rings. The lowest BCUT2D eigenvalue weighted by molar-refractivity contribution is 0.0598. The van der Waals surface area contributed by atoms with Crippen molar-refractivity contribution in [3.8, 4) is 0 Å². The first kappa shape index (κ1) is 20.6. The molecule has 1 saturated heterocycles. The molecule has 1 aromatic carbocycles. The zero-order valence-electron chi connectivity index (χ0n) is 18.0. The highest BCUT2D eigenvalue weighted by Crippen LogP contribution is 2.30. The van der Waals surface area contributed by atoms with Crippen molar-refractivity contribution in [3.05, 3.63) is 93.4 Å². The number of aromatic nitrogens is 3. The van der Waals surface area contributed by atoms with Crippen LogP contribution in [0.5, 0.6) is 0 Å². The molecule has 164 valence electrons. The Kier molecular flexibility index (Phi) is 5.81. The molecule has 1 fully saturated rings. The Hall–Kier alpha value is -3.32. The van der Waals surface area contributed by atoms with E-state index in [0.29, 0.717) is 30.9 Å². The van der Waals surface area contributed by atoms with E-state index >= 15 is 0 Å². The van der Waals surface area contributed by atoms with Gasteiger partial charge in [-0.1, -0.05) is 18.2 Å². The fourth-order valence-corrected chi connectivity index (χ4v) is 4.76. The van der Waals surface area contributed by atoms with Crippen LogP contribution in [-0.2, 0) is 19.5 Å². The summed E-state index contributed by atoms with van der Waals surface area (Å²) >= 11 is 0. The highest BCUT2D eigenvalue weighted by Gasteiger charge is 2.32. The normalized spacial score (nSPS) is 18.9. The maximum absolute atomic E-state index is 13.2. The fraction of sp³-hybridized carbons (Fsp3) is 0.360. The summed E-state index contributed by atoms with van der Waals surface area (Å²) in [5, 5.41) is 0. The van der Waals surface area contributed by atoms with Gasteiger partial charge in [0.25, 0.3) is 11.5 Å². The molecule has 4 heterocycles. The molecule has 7 nitrogen and oxygen atoms in total. The van der Waals surface area contributed by atoms with E-state index in [2.05, 4.69) is 14.9 Å². The molecule has 1 amide bonds. The number of amides is 1. The average Bonchev–Trinajstić information content (AvgIpc) is 2.84. The number of carbonyl (C=O) groups excluding carboxylic acids is 1. The third kappa shape index (κ3) is 4.21. The number of hydrogen-bond acceptors (Lipinski definition) is 5. The maximum Gasteiger partial charge on any atom is 0.254 e. The summed E-state index contributed by atoms with van der Waals surface area (Å²) in [6.45, 7) is 2.93. The van der Waals surface area contributed by atoms with E-state index < -0.39 is 0 Å². The molecular formula is C25H27N5O2. The summed E-state index contributed by atoms with van der Waals surface area (Å²) < 4.78 is 0. The lowest BCUT2D eigenvalue weighted by atomic mass is 9.99. The Morgan fingerprint density at radius 3 is 2.69 bits per heavy atom. The molecule has 2 aliphatic heterocycles. The summed E-state index contributed by atoms with van der Waals surface area (Å²) in [6, 6.07) is 13.2. The van der Waals surface area contributed by atoms with Crippen LogP contribution in [0.2, 0.25) is 0 Å². The molecule has 0 unspecified atom stereocenters. The highest BCUT2D eigenvalue weighted by atomic mass is 16.2. The SMILES string of the molecule is O=C(c1ccccc1)N1CCCC[C@@H]1c1nc2c(c(=O)[nH]1)CCN(Cc1ccncc1)C2. The molecule has 32 heavy (non-hydrogen) atoms. The van der Waals surface area contributed by atoms with Crippen molar-refractivity contribution in [3.63, 3.8) is 0 Å². The number of likely N-dealkylation sites (tertiary alicyclic amines) is 1. The number of hydrogen-bond donors (Lipinski definition) is 1. The summed E-state index contributed by atoms with van der Waals surface area (Å²) in [5.74, 6) is 0.610. The number of H-pyrrole nitrogens is 1. The van der Waals surface area contributed by atoms with Gasteiger partial charge < -0.3 is 9.88 Å². The second-order valence-corrected chi connectivity index (χ2v) is 8.57. The number of carbonyl (C=O) groups is 1. The van der Waals surface area contributed by atoms with Gasteiger partial charge >= 0.3 is 0 Å². The van der Waals surface area contributed by atoms with Gasteiger partial charge in [-0.2, -0.15) is 0 Å². The topological polar surface area (TPSA) is 82.2 Å². The lowest BCUT2D eigenvalue weighted by Crippen LogP contribution is -2.41. The van der Waals surface area contributed by atoms with Crippen LogP contribution < -0.4 is 5.56 Å². The summed E-state index contributed by atoms with van der Waals surface area (Å²) in [4.78, 5) is 42.3. The second-order valence-electron chi connectivity index (χ2n) is 8.57. The number of fused-ring (bicyclic) bond motifs is 1. The quantitative estimate of drug-likeness (QED) is 0.689. The minimum absolute atomic E-state index is 0.00465. The first-order chi connectivity index (χ1) is 15.7.